The predicted octanol–water partition coefficient (Wildman–Crippen LogP) is 4.28. The third-order valence-corrected chi connectivity index (χ3v) is 3.47. The van der Waals surface area contributed by atoms with Gasteiger partial charge in [-0.05, 0) is 42.7 Å². The first-order valence-corrected chi connectivity index (χ1v) is 6.43. The number of halogens is 1. The molecule has 2 rings (SSSR count). The molecular weight excluding hydrogens is 280 g/mol. The second-order valence-corrected chi connectivity index (χ2v) is 5.10. The number of hydrogen-bond acceptors (Lipinski definition) is 2. The van der Waals surface area contributed by atoms with Crippen LogP contribution in [0.4, 0.5) is 0 Å². The number of ether oxygens (including phenoxy) is 1. The van der Waals surface area contributed by atoms with Gasteiger partial charge in [-0.2, -0.15) is 0 Å². The van der Waals surface area contributed by atoms with Crippen LogP contribution in [0.25, 0.3) is 0 Å². The summed E-state index contributed by atoms with van der Waals surface area (Å²) in [6, 6.07) is 10.1. The minimum absolute atomic E-state index is 0.199. The van der Waals surface area contributed by atoms with E-state index in [2.05, 4.69) is 28.9 Å². The molecule has 0 radical (unpaired) electrons. The summed E-state index contributed by atoms with van der Waals surface area (Å²) < 4.78 is 10.7. The van der Waals surface area contributed by atoms with Crippen molar-refractivity contribution in [1.29, 1.82) is 0 Å². The lowest BCUT2D eigenvalue weighted by Gasteiger charge is -2.09. The van der Waals surface area contributed by atoms with Crippen molar-refractivity contribution >= 4 is 15.9 Å². The van der Waals surface area contributed by atoms with Crippen LogP contribution < -0.4 is 4.74 Å². The number of rotatable bonds is 4. The molecule has 17 heavy (non-hydrogen) atoms. The van der Waals surface area contributed by atoms with E-state index in [1.807, 2.05) is 24.3 Å². The molecule has 1 unspecified atom stereocenters. The summed E-state index contributed by atoms with van der Waals surface area (Å²) in [5, 5.41) is 0. The summed E-state index contributed by atoms with van der Waals surface area (Å²) in [4.78, 5) is 0.199. The number of hydrogen-bond donors (Lipinski definition) is 0. The van der Waals surface area contributed by atoms with E-state index in [0.29, 0.717) is 0 Å². The van der Waals surface area contributed by atoms with Gasteiger partial charge in [0.2, 0.25) is 0 Å². The van der Waals surface area contributed by atoms with Crippen LogP contribution in [-0.2, 0) is 6.42 Å². The Labute approximate surface area is 110 Å². The zero-order valence-electron chi connectivity index (χ0n) is 9.94. The molecule has 0 aliphatic carbocycles. The minimum Gasteiger partial charge on any atom is -0.497 e. The van der Waals surface area contributed by atoms with Crippen LogP contribution in [0.1, 0.15) is 21.7 Å². The van der Waals surface area contributed by atoms with Crippen LogP contribution in [0.3, 0.4) is 0 Å². The second kappa shape index (κ2) is 5.41. The Morgan fingerprint density at radius 3 is 2.82 bits per heavy atom. The number of methoxy groups -OCH3 is 1. The van der Waals surface area contributed by atoms with Gasteiger partial charge in [0, 0.05) is 0 Å². The van der Waals surface area contributed by atoms with E-state index in [-0.39, 0.29) is 4.83 Å². The zero-order chi connectivity index (χ0) is 12.3. The SMILES string of the molecule is COc1cccc(CC(Br)c2occc2C)c1. The second-order valence-electron chi connectivity index (χ2n) is 3.99. The maximum absolute atomic E-state index is 5.48. The highest BCUT2D eigenvalue weighted by Gasteiger charge is 2.14. The van der Waals surface area contributed by atoms with E-state index in [1.54, 1.807) is 13.4 Å². The van der Waals surface area contributed by atoms with Gasteiger partial charge >= 0.3 is 0 Å². The van der Waals surface area contributed by atoms with E-state index < -0.39 is 0 Å². The predicted molar refractivity (Wildman–Crippen MR) is 71.8 cm³/mol. The lowest BCUT2D eigenvalue weighted by molar-refractivity contribution is 0.414. The van der Waals surface area contributed by atoms with E-state index in [4.69, 9.17) is 9.15 Å². The smallest absolute Gasteiger partial charge is 0.120 e. The van der Waals surface area contributed by atoms with Crippen LogP contribution in [0.15, 0.2) is 41.0 Å². The average Bonchev–Trinajstić information content (AvgIpc) is 2.76. The minimum atomic E-state index is 0.199. The molecule has 0 aliphatic heterocycles. The van der Waals surface area contributed by atoms with Crippen molar-refractivity contribution < 1.29 is 9.15 Å². The molecule has 3 heteroatoms. The molecule has 1 atom stereocenters. The highest BCUT2D eigenvalue weighted by Crippen LogP contribution is 2.30. The Hall–Kier alpha value is -1.22. The summed E-state index contributed by atoms with van der Waals surface area (Å²) in [7, 11) is 1.68. The van der Waals surface area contributed by atoms with Crippen molar-refractivity contribution in [2.24, 2.45) is 0 Å². The number of furan rings is 1. The van der Waals surface area contributed by atoms with Gasteiger partial charge in [-0.25, -0.2) is 0 Å². The first-order valence-electron chi connectivity index (χ1n) is 5.51. The number of aryl methyl sites for hydroxylation is 1. The maximum Gasteiger partial charge on any atom is 0.120 e. The molecule has 0 aliphatic rings. The zero-order valence-corrected chi connectivity index (χ0v) is 11.5. The van der Waals surface area contributed by atoms with Crippen molar-refractivity contribution in [3.8, 4) is 5.75 Å². The van der Waals surface area contributed by atoms with Crippen molar-refractivity contribution in [1.82, 2.24) is 0 Å². The molecule has 1 aromatic carbocycles. The standard InChI is InChI=1S/C14H15BrO2/c1-10-6-7-17-14(10)13(15)9-11-4-3-5-12(8-11)16-2/h3-8,13H,9H2,1-2H3. The normalized spacial score (nSPS) is 12.4. The maximum atomic E-state index is 5.48. The monoisotopic (exact) mass is 294 g/mol. The van der Waals surface area contributed by atoms with E-state index in [9.17, 15) is 0 Å². The van der Waals surface area contributed by atoms with Crippen LogP contribution in [0.5, 0.6) is 5.75 Å². The lowest BCUT2D eigenvalue weighted by Crippen LogP contribution is -1.96. The fraction of sp³-hybridized carbons (Fsp3) is 0.286. The van der Waals surface area contributed by atoms with Gasteiger partial charge in [0.1, 0.15) is 11.5 Å². The summed E-state index contributed by atoms with van der Waals surface area (Å²) >= 11 is 3.66. The fourth-order valence-corrected chi connectivity index (χ4v) is 2.65. The van der Waals surface area contributed by atoms with Crippen molar-refractivity contribution in [3.05, 3.63) is 53.5 Å². The fourth-order valence-electron chi connectivity index (χ4n) is 1.80. The highest BCUT2D eigenvalue weighted by molar-refractivity contribution is 9.09. The first-order chi connectivity index (χ1) is 8.20. The number of benzene rings is 1. The van der Waals surface area contributed by atoms with E-state index >= 15 is 0 Å². The summed E-state index contributed by atoms with van der Waals surface area (Å²) in [6.45, 7) is 2.05. The Bertz CT molecular complexity index is 490. The molecule has 2 nitrogen and oxygen atoms in total. The van der Waals surface area contributed by atoms with Crippen LogP contribution in [0.2, 0.25) is 0 Å². The third-order valence-electron chi connectivity index (χ3n) is 2.74. The Kier molecular flexibility index (Phi) is 3.89. The van der Waals surface area contributed by atoms with Crippen molar-refractivity contribution in [2.45, 2.75) is 18.2 Å². The highest BCUT2D eigenvalue weighted by atomic mass is 79.9. The summed E-state index contributed by atoms with van der Waals surface area (Å²) in [5.74, 6) is 1.88. The van der Waals surface area contributed by atoms with E-state index in [1.165, 1.54) is 11.1 Å². The molecule has 0 fully saturated rings. The molecule has 1 aromatic heterocycles. The van der Waals surface area contributed by atoms with Gasteiger partial charge in [-0.3, -0.25) is 0 Å². The van der Waals surface area contributed by atoms with Gasteiger partial charge in [0.15, 0.2) is 0 Å². The molecule has 0 bridgehead atoms. The molecule has 0 saturated carbocycles. The van der Waals surface area contributed by atoms with Crippen molar-refractivity contribution in [3.63, 3.8) is 0 Å². The van der Waals surface area contributed by atoms with Gasteiger partial charge in [-0.1, -0.05) is 28.1 Å². The molecule has 0 spiro atoms. The summed E-state index contributed by atoms with van der Waals surface area (Å²) in [6.07, 6.45) is 2.61. The average molecular weight is 295 g/mol. The quantitative estimate of drug-likeness (QED) is 0.786. The topological polar surface area (TPSA) is 22.4 Å². The third kappa shape index (κ3) is 2.91. The summed E-state index contributed by atoms with van der Waals surface area (Å²) in [5.41, 5.74) is 2.40. The van der Waals surface area contributed by atoms with E-state index in [0.717, 1.165) is 17.9 Å². The van der Waals surface area contributed by atoms with Crippen LogP contribution in [0, 0.1) is 6.92 Å². The number of alkyl halides is 1. The molecular formula is C14H15BrO2. The molecule has 0 amide bonds. The molecule has 90 valence electrons. The Balaban J connectivity index is 2.13. The molecule has 1 heterocycles. The molecule has 0 N–H and O–H groups in total. The van der Waals surface area contributed by atoms with Crippen molar-refractivity contribution in [2.75, 3.05) is 7.11 Å². The van der Waals surface area contributed by atoms with Gasteiger partial charge < -0.3 is 9.15 Å². The molecule has 2 aromatic rings. The lowest BCUT2D eigenvalue weighted by atomic mass is 10.1. The molecule has 0 saturated heterocycles. The van der Waals surface area contributed by atoms with Gasteiger partial charge in [0.05, 0.1) is 18.2 Å². The first kappa shape index (κ1) is 12.2. The Morgan fingerprint density at radius 1 is 1.35 bits per heavy atom. The van der Waals surface area contributed by atoms with Crippen LogP contribution in [-0.4, -0.2) is 7.11 Å². The van der Waals surface area contributed by atoms with Gasteiger partial charge in [0.25, 0.3) is 0 Å². The van der Waals surface area contributed by atoms with Crippen LogP contribution >= 0.6 is 15.9 Å². The van der Waals surface area contributed by atoms with Gasteiger partial charge in [-0.15, -0.1) is 0 Å². The largest absolute Gasteiger partial charge is 0.497 e. The Morgan fingerprint density at radius 2 is 2.18 bits per heavy atom.